The molecule has 3 aromatic rings. The molecule has 0 unspecified atom stereocenters. The molecule has 1 aliphatic carbocycles. The summed E-state index contributed by atoms with van der Waals surface area (Å²) in [6, 6.07) is 3.46. The van der Waals surface area contributed by atoms with E-state index in [-0.39, 0.29) is 41.3 Å². The van der Waals surface area contributed by atoms with Crippen molar-refractivity contribution >= 4 is 34.2 Å². The lowest BCUT2D eigenvalue weighted by Crippen LogP contribution is -2.44. The van der Waals surface area contributed by atoms with E-state index in [9.17, 15) is 19.2 Å². The minimum Gasteiger partial charge on any atom is -0.421 e. The summed E-state index contributed by atoms with van der Waals surface area (Å²) in [5.74, 6) is 0.998. The molecule has 0 N–H and O–H groups in total. The number of benzene rings is 1. The number of hydrogen-bond donors (Lipinski definition) is 0. The van der Waals surface area contributed by atoms with E-state index in [1.54, 1.807) is 20.0 Å². The van der Waals surface area contributed by atoms with Gasteiger partial charge < -0.3 is 13.9 Å². The van der Waals surface area contributed by atoms with Gasteiger partial charge in [-0.2, -0.15) is 0 Å². The third kappa shape index (κ3) is 5.25. The number of piperidine rings is 1. The Labute approximate surface area is 252 Å². The first kappa shape index (κ1) is 29.5. The van der Waals surface area contributed by atoms with Crippen LogP contribution in [0.5, 0.6) is 0 Å². The van der Waals surface area contributed by atoms with Gasteiger partial charge in [-0.15, -0.1) is 10.2 Å². The Hall–Kier alpha value is -3.62. The minimum absolute atomic E-state index is 0.0203. The van der Waals surface area contributed by atoms with Gasteiger partial charge in [-0.25, -0.2) is 0 Å². The lowest BCUT2D eigenvalue weighted by atomic mass is 9.79. The lowest BCUT2D eigenvalue weighted by molar-refractivity contribution is -0.139. The summed E-state index contributed by atoms with van der Waals surface area (Å²) >= 11 is 0. The molecule has 1 saturated carbocycles. The second-order valence-corrected chi connectivity index (χ2v) is 13.7. The summed E-state index contributed by atoms with van der Waals surface area (Å²) in [4.78, 5) is 55.3. The number of amides is 1. The molecule has 6 rings (SSSR count). The van der Waals surface area contributed by atoms with Crippen LogP contribution in [0.4, 0.5) is 0 Å². The monoisotopic (exact) mass is 586 g/mol. The number of carbonyl (C=O) groups is 4. The maximum Gasteiger partial charge on any atom is 0.247 e. The molecule has 3 aliphatic rings. The van der Waals surface area contributed by atoms with Gasteiger partial charge in [0.05, 0.1) is 11.6 Å². The molecule has 2 fully saturated rings. The smallest absolute Gasteiger partial charge is 0.247 e. The summed E-state index contributed by atoms with van der Waals surface area (Å²) in [5.41, 5.74) is 2.58. The van der Waals surface area contributed by atoms with E-state index in [0.29, 0.717) is 36.6 Å². The number of aromatic nitrogens is 3. The van der Waals surface area contributed by atoms with Crippen LogP contribution in [0, 0.1) is 17.8 Å². The van der Waals surface area contributed by atoms with Crippen molar-refractivity contribution < 1.29 is 23.6 Å². The fourth-order valence-electron chi connectivity index (χ4n) is 7.65. The van der Waals surface area contributed by atoms with Crippen LogP contribution in [0.25, 0.3) is 22.4 Å². The first-order chi connectivity index (χ1) is 20.4. The zero-order chi connectivity index (χ0) is 30.7. The number of ketones is 3. The fourth-order valence-corrected chi connectivity index (χ4v) is 7.65. The van der Waals surface area contributed by atoms with E-state index in [1.807, 2.05) is 28.5 Å². The average molecular weight is 587 g/mol. The van der Waals surface area contributed by atoms with Gasteiger partial charge in [-0.1, -0.05) is 33.6 Å². The van der Waals surface area contributed by atoms with Crippen LogP contribution in [0.15, 0.2) is 22.7 Å². The lowest BCUT2D eigenvalue weighted by Gasteiger charge is -2.27. The zero-order valence-corrected chi connectivity index (χ0v) is 26.0. The highest BCUT2D eigenvalue weighted by atomic mass is 16.4. The van der Waals surface area contributed by atoms with Gasteiger partial charge in [0.2, 0.25) is 17.7 Å². The molecule has 2 bridgehead atoms. The number of rotatable bonds is 4. The van der Waals surface area contributed by atoms with Crippen LogP contribution in [0.3, 0.4) is 0 Å². The van der Waals surface area contributed by atoms with Crippen LogP contribution in [0.1, 0.15) is 107 Å². The van der Waals surface area contributed by atoms with Gasteiger partial charge in [0.25, 0.3) is 0 Å². The predicted molar refractivity (Wildman–Crippen MR) is 162 cm³/mol. The van der Waals surface area contributed by atoms with Crippen molar-refractivity contribution in [2.75, 3.05) is 0 Å². The van der Waals surface area contributed by atoms with Crippen molar-refractivity contribution in [3.8, 4) is 11.5 Å². The highest BCUT2D eigenvalue weighted by Gasteiger charge is 2.66. The molecule has 2 aromatic heterocycles. The standard InChI is InChI=1S/C34H42N4O5/c1-6-27(40)26-16-34-13-11-29(41)33(4,5)12-9-7-8-10-22-14-23(32-36-35-21(3)43-32)15-24-25(20(2)39)18-37(31(22)24)19-30(42)38(26)28(34)17-34/h14-15,18,26,28H,6-13,16-17,19H2,1-5H3/t26-,28+,34-/m0/s1. The third-order valence-corrected chi connectivity index (χ3v) is 10.3. The SMILES string of the molecule is CCC(=O)[C@@H]1C[C@]23CCC(=O)C(C)(C)CCCCCc4cc(-c5nnc(C)o5)cc5c(C(C)=O)cn(c45)CC(=O)N1[C@@H]2C3. The number of aryl methyl sites for hydroxylation is 2. The van der Waals surface area contributed by atoms with Crippen LogP contribution < -0.4 is 0 Å². The number of nitrogens with zero attached hydrogens (tertiary/aromatic N) is 4. The van der Waals surface area contributed by atoms with E-state index in [2.05, 4.69) is 24.0 Å². The molecule has 4 heterocycles. The zero-order valence-electron chi connectivity index (χ0n) is 26.0. The Kier molecular flexibility index (Phi) is 7.42. The van der Waals surface area contributed by atoms with E-state index in [4.69, 9.17) is 4.42 Å². The second kappa shape index (κ2) is 10.8. The van der Waals surface area contributed by atoms with Crippen molar-refractivity contribution in [1.29, 1.82) is 0 Å². The molecule has 1 amide bonds. The van der Waals surface area contributed by atoms with Crippen LogP contribution in [0.2, 0.25) is 0 Å². The topological polar surface area (TPSA) is 115 Å². The Morgan fingerprint density at radius 3 is 2.53 bits per heavy atom. The van der Waals surface area contributed by atoms with Crippen LogP contribution >= 0.6 is 0 Å². The summed E-state index contributed by atoms with van der Waals surface area (Å²) < 4.78 is 7.66. The Morgan fingerprint density at radius 1 is 1.05 bits per heavy atom. The molecule has 0 radical (unpaired) electrons. The Morgan fingerprint density at radius 2 is 1.84 bits per heavy atom. The van der Waals surface area contributed by atoms with Crippen molar-refractivity contribution in [2.45, 2.75) is 117 Å². The predicted octanol–water partition coefficient (Wildman–Crippen LogP) is 6.03. The molecule has 3 atom stereocenters. The molecule has 9 heteroatoms. The highest BCUT2D eigenvalue weighted by molar-refractivity contribution is 6.09. The van der Waals surface area contributed by atoms with Crippen molar-refractivity contribution in [3.63, 3.8) is 0 Å². The molecular weight excluding hydrogens is 544 g/mol. The molecule has 228 valence electrons. The quantitative estimate of drug-likeness (QED) is 0.343. The first-order valence-corrected chi connectivity index (χ1v) is 15.8. The Bertz CT molecular complexity index is 1630. The molecule has 43 heavy (non-hydrogen) atoms. The molecule has 1 aromatic carbocycles. The molecule has 0 spiro atoms. The van der Waals surface area contributed by atoms with Crippen LogP contribution in [-0.4, -0.2) is 55.0 Å². The minimum atomic E-state index is -0.459. The van der Waals surface area contributed by atoms with E-state index in [0.717, 1.165) is 67.0 Å². The van der Waals surface area contributed by atoms with Crippen molar-refractivity contribution in [3.05, 3.63) is 35.3 Å². The van der Waals surface area contributed by atoms with Crippen LogP contribution in [-0.2, 0) is 27.3 Å². The second-order valence-electron chi connectivity index (χ2n) is 13.7. The molecule has 9 nitrogen and oxygen atoms in total. The van der Waals surface area contributed by atoms with Gasteiger partial charge in [0.1, 0.15) is 12.3 Å². The Balaban J connectivity index is 1.45. The maximum atomic E-state index is 14.1. The van der Waals surface area contributed by atoms with Crippen molar-refractivity contribution in [1.82, 2.24) is 19.7 Å². The number of hydrogen-bond acceptors (Lipinski definition) is 7. The van der Waals surface area contributed by atoms with Gasteiger partial charge >= 0.3 is 0 Å². The first-order valence-electron chi connectivity index (χ1n) is 15.8. The van der Waals surface area contributed by atoms with Crippen molar-refractivity contribution in [2.24, 2.45) is 10.8 Å². The fraction of sp³-hybridized carbons (Fsp3) is 0.588. The van der Waals surface area contributed by atoms with E-state index in [1.165, 1.54) is 0 Å². The molecular formula is C34H42N4O5. The van der Waals surface area contributed by atoms with Gasteiger partial charge in [0, 0.05) is 53.9 Å². The number of carbonyl (C=O) groups excluding carboxylic acids is 4. The summed E-state index contributed by atoms with van der Waals surface area (Å²) in [5, 5.41) is 8.98. The van der Waals surface area contributed by atoms with Gasteiger partial charge in [0.15, 0.2) is 11.6 Å². The third-order valence-electron chi connectivity index (χ3n) is 10.3. The average Bonchev–Trinajstić information content (AvgIpc) is 3.24. The van der Waals surface area contributed by atoms with Gasteiger partial charge in [-0.3, -0.25) is 19.2 Å². The maximum absolute atomic E-state index is 14.1. The summed E-state index contributed by atoms with van der Waals surface area (Å²) in [6.07, 6.45) is 9.19. The molecule has 2 aliphatic heterocycles. The highest BCUT2D eigenvalue weighted by Crippen LogP contribution is 2.62. The van der Waals surface area contributed by atoms with Gasteiger partial charge in [-0.05, 0) is 68.6 Å². The summed E-state index contributed by atoms with van der Waals surface area (Å²) in [7, 11) is 0. The summed E-state index contributed by atoms with van der Waals surface area (Å²) in [6.45, 7) is 9.28. The number of Topliss-reactive ketones (excluding diaryl/α,β-unsaturated/α-hetero) is 3. The van der Waals surface area contributed by atoms with E-state index >= 15 is 0 Å². The molecule has 1 saturated heterocycles. The largest absolute Gasteiger partial charge is 0.421 e. The normalized spacial score (nSPS) is 25.9. The van der Waals surface area contributed by atoms with E-state index < -0.39 is 11.5 Å².